The van der Waals surface area contributed by atoms with Crippen LogP contribution in [0, 0.1) is 17.8 Å². The molecule has 1 aromatic carbocycles. The Hall–Kier alpha value is -0.940. The summed E-state index contributed by atoms with van der Waals surface area (Å²) in [6.07, 6.45) is 17.4. The Kier molecular flexibility index (Phi) is 13.8. The number of carbonyl (C=O) groups excluding carboxylic acids is 2. The number of nitrogens with one attached hydrogen (secondary N) is 1. The fourth-order valence-electron chi connectivity index (χ4n) is 5.93. The van der Waals surface area contributed by atoms with E-state index in [0.717, 1.165) is 28.9 Å². The van der Waals surface area contributed by atoms with E-state index in [1.807, 2.05) is 45.0 Å². The van der Waals surface area contributed by atoms with E-state index in [-0.39, 0.29) is 23.1 Å². The van der Waals surface area contributed by atoms with Crippen LogP contribution in [0.1, 0.15) is 139 Å². The fraction of sp³-hybridized carbons (Fsp3) is 0.765. The highest BCUT2D eigenvalue weighted by Gasteiger charge is 2.27. The zero-order valence-electron chi connectivity index (χ0n) is 25.4. The number of ketones is 1. The van der Waals surface area contributed by atoms with Gasteiger partial charge in [0.1, 0.15) is 0 Å². The Bertz CT molecular complexity index is 870. The summed E-state index contributed by atoms with van der Waals surface area (Å²) in [6, 6.07) is 7.39. The molecule has 0 aliphatic heterocycles. The molecule has 0 radical (unpaired) electrons. The predicted octanol–water partition coefficient (Wildman–Crippen LogP) is 9.59. The summed E-state index contributed by atoms with van der Waals surface area (Å²) in [4.78, 5) is 26.4. The fourth-order valence-corrected chi connectivity index (χ4v) is 9.03. The van der Waals surface area contributed by atoms with Crippen LogP contribution in [0.4, 0.5) is 0 Å². The van der Waals surface area contributed by atoms with Crippen molar-refractivity contribution in [2.75, 3.05) is 11.5 Å². The van der Waals surface area contributed by atoms with Crippen LogP contribution in [-0.4, -0.2) is 39.2 Å². The van der Waals surface area contributed by atoms with Crippen LogP contribution < -0.4 is 5.32 Å². The van der Waals surface area contributed by atoms with E-state index >= 15 is 0 Å². The van der Waals surface area contributed by atoms with Crippen molar-refractivity contribution in [2.24, 2.45) is 17.8 Å². The largest absolute Gasteiger partial charge is 0.347 e. The lowest BCUT2D eigenvalue weighted by atomic mass is 9.84. The van der Waals surface area contributed by atoms with Gasteiger partial charge < -0.3 is 5.32 Å². The molecule has 0 heterocycles. The topological polar surface area (TPSA) is 46.2 Å². The average Bonchev–Trinajstić information content (AvgIpc) is 3.20. The molecular formula is C34H55NO2S2. The number of Topliss-reactive ketones (excluding diaryl/α,β-unsaturated/α-hetero) is 1. The van der Waals surface area contributed by atoms with Gasteiger partial charge in [-0.3, -0.25) is 9.59 Å². The van der Waals surface area contributed by atoms with Crippen molar-refractivity contribution >= 4 is 35.2 Å². The molecule has 1 N–H and O–H groups in total. The molecule has 5 heteroatoms. The molecule has 3 nitrogen and oxygen atoms in total. The quantitative estimate of drug-likeness (QED) is 0.188. The molecule has 0 spiro atoms. The van der Waals surface area contributed by atoms with Crippen molar-refractivity contribution in [1.29, 1.82) is 0 Å². The van der Waals surface area contributed by atoms with Gasteiger partial charge in [0.15, 0.2) is 5.78 Å². The monoisotopic (exact) mass is 573 g/mol. The summed E-state index contributed by atoms with van der Waals surface area (Å²) in [7, 11) is 0. The van der Waals surface area contributed by atoms with Gasteiger partial charge in [0.25, 0.3) is 5.91 Å². The van der Waals surface area contributed by atoms with Gasteiger partial charge in [-0.15, -0.1) is 0 Å². The summed E-state index contributed by atoms with van der Waals surface area (Å²) >= 11 is 4.14. The smallest absolute Gasteiger partial charge is 0.251 e. The third-order valence-corrected chi connectivity index (χ3v) is 11.7. The molecule has 3 rings (SSSR count). The maximum absolute atomic E-state index is 13.8. The van der Waals surface area contributed by atoms with Crippen LogP contribution in [0.2, 0.25) is 0 Å². The second kappa shape index (κ2) is 16.5. The summed E-state index contributed by atoms with van der Waals surface area (Å²) in [5, 5.41) is 4.42. The lowest BCUT2D eigenvalue weighted by Crippen LogP contribution is -2.40. The van der Waals surface area contributed by atoms with Gasteiger partial charge in [0, 0.05) is 44.6 Å². The highest BCUT2D eigenvalue weighted by molar-refractivity contribution is 8.00. The van der Waals surface area contributed by atoms with Crippen LogP contribution in [0.15, 0.2) is 24.3 Å². The van der Waals surface area contributed by atoms with E-state index in [1.54, 1.807) is 0 Å². The molecule has 220 valence electrons. The van der Waals surface area contributed by atoms with E-state index in [0.29, 0.717) is 16.1 Å². The first-order valence-corrected chi connectivity index (χ1v) is 17.9. The highest BCUT2D eigenvalue weighted by atomic mass is 32.2. The van der Waals surface area contributed by atoms with Crippen LogP contribution in [0.3, 0.4) is 0 Å². The highest BCUT2D eigenvalue weighted by Crippen LogP contribution is 2.37. The molecule has 0 bridgehead atoms. The normalized spacial score (nSPS) is 22.6. The number of rotatable bonds is 13. The lowest BCUT2D eigenvalue weighted by molar-refractivity contribution is 0.0914. The second-order valence-corrected chi connectivity index (χ2v) is 16.0. The Morgan fingerprint density at radius 3 is 2.08 bits per heavy atom. The molecule has 0 saturated heterocycles. The number of carbonyl (C=O) groups is 2. The van der Waals surface area contributed by atoms with Crippen molar-refractivity contribution in [3.8, 4) is 0 Å². The molecule has 39 heavy (non-hydrogen) atoms. The zero-order chi connectivity index (χ0) is 28.3. The molecule has 1 aromatic rings. The first kappa shape index (κ1) is 32.6. The van der Waals surface area contributed by atoms with E-state index in [2.05, 4.69) is 42.7 Å². The number of thioether (sulfide) groups is 2. The molecule has 2 aliphatic carbocycles. The van der Waals surface area contributed by atoms with Gasteiger partial charge in [-0.2, -0.15) is 23.5 Å². The molecule has 0 aromatic heterocycles. The van der Waals surface area contributed by atoms with Crippen LogP contribution in [-0.2, 0) is 0 Å². The number of hydrogen-bond acceptors (Lipinski definition) is 4. The third kappa shape index (κ3) is 11.8. The molecule has 3 unspecified atom stereocenters. The van der Waals surface area contributed by atoms with E-state index in [4.69, 9.17) is 0 Å². The minimum atomic E-state index is -0.282. The minimum Gasteiger partial charge on any atom is -0.347 e. The maximum Gasteiger partial charge on any atom is 0.251 e. The Morgan fingerprint density at radius 1 is 0.872 bits per heavy atom. The van der Waals surface area contributed by atoms with Crippen molar-refractivity contribution < 1.29 is 9.59 Å². The number of hydrogen-bond donors (Lipinski definition) is 1. The molecule has 2 saturated carbocycles. The predicted molar refractivity (Wildman–Crippen MR) is 172 cm³/mol. The van der Waals surface area contributed by atoms with Crippen LogP contribution in [0.25, 0.3) is 0 Å². The Morgan fingerprint density at radius 2 is 1.46 bits per heavy atom. The second-order valence-electron chi connectivity index (χ2n) is 13.4. The summed E-state index contributed by atoms with van der Waals surface area (Å²) < 4.78 is 0. The van der Waals surface area contributed by atoms with Crippen molar-refractivity contribution in [3.05, 3.63) is 35.4 Å². The van der Waals surface area contributed by atoms with Crippen LogP contribution in [0.5, 0.6) is 0 Å². The van der Waals surface area contributed by atoms with E-state index in [1.165, 1.54) is 83.5 Å². The molecule has 2 fully saturated rings. The Balaban J connectivity index is 1.62. The first-order valence-electron chi connectivity index (χ1n) is 15.8. The lowest BCUT2D eigenvalue weighted by Gasteiger charge is -2.30. The number of benzene rings is 1. The Labute approximate surface area is 248 Å². The molecule has 4 atom stereocenters. The van der Waals surface area contributed by atoms with Gasteiger partial charge in [-0.05, 0) is 70.4 Å². The molecule has 2 aliphatic rings. The van der Waals surface area contributed by atoms with Gasteiger partial charge >= 0.3 is 0 Å². The van der Waals surface area contributed by atoms with E-state index < -0.39 is 0 Å². The third-order valence-electron chi connectivity index (χ3n) is 8.66. The average molecular weight is 574 g/mol. The first-order chi connectivity index (χ1) is 18.6. The molecular weight excluding hydrogens is 519 g/mol. The molecule has 1 amide bonds. The van der Waals surface area contributed by atoms with Gasteiger partial charge in [-0.1, -0.05) is 83.8 Å². The van der Waals surface area contributed by atoms with Gasteiger partial charge in [0.05, 0.1) is 0 Å². The van der Waals surface area contributed by atoms with Crippen molar-refractivity contribution in [2.45, 2.75) is 134 Å². The minimum absolute atomic E-state index is 0.0398. The van der Waals surface area contributed by atoms with E-state index in [9.17, 15) is 9.59 Å². The van der Waals surface area contributed by atoms with Gasteiger partial charge in [0.2, 0.25) is 0 Å². The van der Waals surface area contributed by atoms with Crippen molar-refractivity contribution in [3.63, 3.8) is 0 Å². The standard InChI is InChI=1S/C34H55NO2S2/c1-6-25(2)16-17-26-12-11-15-31(22-26)39-24-29(23-38-30-13-9-7-8-10-14-30)32(36)27-18-20-28(21-19-27)33(37)35-34(3,4)5/h18-21,25-26,29-31H,6-17,22-24H2,1-5H3,(H,35,37)/t25-,26?,29?,31?/m0/s1. The van der Waals surface area contributed by atoms with Gasteiger partial charge in [-0.25, -0.2) is 0 Å². The SMILES string of the molecule is CC[C@H](C)CCC1CCCC(SCC(CSC2CCCCCC2)C(=O)c2ccc(C(=O)NC(C)(C)C)cc2)C1. The summed E-state index contributed by atoms with van der Waals surface area (Å²) in [6.45, 7) is 10.6. The van der Waals surface area contributed by atoms with Crippen LogP contribution >= 0.6 is 23.5 Å². The zero-order valence-corrected chi connectivity index (χ0v) is 27.1. The maximum atomic E-state index is 13.8. The summed E-state index contributed by atoms with van der Waals surface area (Å²) in [5.74, 6) is 3.77. The van der Waals surface area contributed by atoms with Crippen molar-refractivity contribution in [1.82, 2.24) is 5.32 Å². The number of amides is 1. The summed E-state index contributed by atoms with van der Waals surface area (Å²) in [5.41, 5.74) is 1.09.